The molecular weight excluding hydrogens is 342 g/mol. The Morgan fingerprint density at radius 3 is 2.73 bits per heavy atom. The normalized spacial score (nSPS) is 15.1. The lowest BCUT2D eigenvalue weighted by atomic mass is 10.1. The molecule has 1 aliphatic rings. The highest BCUT2D eigenvalue weighted by molar-refractivity contribution is 7.09. The third-order valence-electron chi connectivity index (χ3n) is 4.80. The van der Waals surface area contributed by atoms with Crippen LogP contribution in [0.2, 0.25) is 0 Å². The molecule has 5 heteroatoms. The summed E-state index contributed by atoms with van der Waals surface area (Å²) < 4.78 is 10.6. The minimum Gasteiger partial charge on any atom is -0.444 e. The smallest absolute Gasteiger partial charge is 0.207 e. The fourth-order valence-electron chi connectivity index (χ4n) is 3.24. The average molecular weight is 366 g/mol. The molecule has 1 aromatic heterocycles. The third-order valence-corrected chi connectivity index (χ3v) is 5.55. The number of ether oxygens (including phenoxy) is 1. The first-order valence-corrected chi connectivity index (χ1v) is 9.90. The van der Waals surface area contributed by atoms with E-state index < -0.39 is 0 Å². The van der Waals surface area contributed by atoms with Gasteiger partial charge in [-0.25, -0.2) is 4.99 Å². The van der Waals surface area contributed by atoms with E-state index in [1.54, 1.807) is 0 Å². The third kappa shape index (κ3) is 3.58. The quantitative estimate of drug-likeness (QED) is 0.430. The van der Waals surface area contributed by atoms with E-state index in [1.165, 1.54) is 30.8 Å². The van der Waals surface area contributed by atoms with Crippen LogP contribution in [0, 0.1) is 13.8 Å². The molecule has 0 spiro atoms. The van der Waals surface area contributed by atoms with Crippen LogP contribution in [0.15, 0.2) is 41.4 Å². The van der Waals surface area contributed by atoms with Crippen molar-refractivity contribution in [3.63, 3.8) is 0 Å². The van der Waals surface area contributed by atoms with Gasteiger partial charge in [0.15, 0.2) is 0 Å². The fourth-order valence-corrected chi connectivity index (χ4v) is 3.98. The maximum atomic E-state index is 6.19. The lowest BCUT2D eigenvalue weighted by molar-refractivity contribution is 0.351. The van der Waals surface area contributed by atoms with Crippen LogP contribution >= 0.6 is 11.5 Å². The van der Waals surface area contributed by atoms with Crippen LogP contribution in [0.5, 0.6) is 10.8 Å². The van der Waals surface area contributed by atoms with Crippen molar-refractivity contribution >= 4 is 34.5 Å². The van der Waals surface area contributed by atoms with Crippen LogP contribution in [0.3, 0.4) is 0 Å². The van der Waals surface area contributed by atoms with Gasteiger partial charge in [0.25, 0.3) is 0 Å². The molecular formula is C21H23N3OS. The molecule has 0 aliphatic carbocycles. The molecule has 4 nitrogen and oxygen atoms in total. The Hall–Kier alpha value is -2.40. The molecule has 134 valence electrons. The molecule has 1 saturated heterocycles. The number of benzene rings is 2. The highest BCUT2D eigenvalue weighted by Crippen LogP contribution is 2.37. The molecule has 0 saturated carbocycles. The second-order valence-corrected chi connectivity index (χ2v) is 7.57. The van der Waals surface area contributed by atoms with Gasteiger partial charge in [-0.2, -0.15) is 4.37 Å². The van der Waals surface area contributed by atoms with Gasteiger partial charge in [-0.3, -0.25) is 0 Å². The topological polar surface area (TPSA) is 37.7 Å². The first-order chi connectivity index (χ1) is 12.7. The molecule has 0 radical (unpaired) electrons. The predicted molar refractivity (Wildman–Crippen MR) is 109 cm³/mol. The van der Waals surface area contributed by atoms with Crippen LogP contribution in [0.4, 0.5) is 5.69 Å². The summed E-state index contributed by atoms with van der Waals surface area (Å²) in [5.74, 6) is 0.869. The van der Waals surface area contributed by atoms with E-state index in [4.69, 9.17) is 9.73 Å². The lowest BCUT2D eigenvalue weighted by Gasteiger charge is -2.23. The molecule has 2 aromatic carbocycles. The molecule has 26 heavy (non-hydrogen) atoms. The summed E-state index contributed by atoms with van der Waals surface area (Å²) in [6.07, 6.45) is 5.86. The van der Waals surface area contributed by atoms with E-state index in [0.717, 1.165) is 51.6 Å². The molecule has 3 aromatic rings. The highest BCUT2D eigenvalue weighted by Gasteiger charge is 2.12. The molecule has 4 rings (SSSR count). The number of aryl methyl sites for hydroxylation is 2. The summed E-state index contributed by atoms with van der Waals surface area (Å²) in [5, 5.41) is 1.90. The summed E-state index contributed by atoms with van der Waals surface area (Å²) in [6.45, 7) is 6.38. The summed E-state index contributed by atoms with van der Waals surface area (Å²) in [7, 11) is 0. The first-order valence-electron chi connectivity index (χ1n) is 9.12. The zero-order valence-corrected chi connectivity index (χ0v) is 16.1. The van der Waals surface area contributed by atoms with Crippen LogP contribution in [-0.2, 0) is 0 Å². The second-order valence-electron chi connectivity index (χ2n) is 6.83. The number of aromatic nitrogens is 1. The van der Waals surface area contributed by atoms with Crippen molar-refractivity contribution in [1.82, 2.24) is 9.27 Å². The zero-order chi connectivity index (χ0) is 17.9. The summed E-state index contributed by atoms with van der Waals surface area (Å²) in [4.78, 5) is 7.03. The van der Waals surface area contributed by atoms with Crippen molar-refractivity contribution in [2.24, 2.45) is 4.99 Å². The van der Waals surface area contributed by atoms with Crippen molar-refractivity contribution in [3.05, 3.63) is 47.5 Å². The van der Waals surface area contributed by atoms with Gasteiger partial charge >= 0.3 is 0 Å². The van der Waals surface area contributed by atoms with Gasteiger partial charge in [0.05, 0.1) is 22.9 Å². The Morgan fingerprint density at radius 2 is 1.88 bits per heavy atom. The Morgan fingerprint density at radius 1 is 1.08 bits per heavy atom. The van der Waals surface area contributed by atoms with Gasteiger partial charge in [-0.05, 0) is 68.5 Å². The molecule has 0 N–H and O–H groups in total. The number of aliphatic imine (C=N–C) groups is 1. The monoisotopic (exact) mass is 365 g/mol. The molecule has 2 heterocycles. The molecule has 0 atom stereocenters. The van der Waals surface area contributed by atoms with Crippen LogP contribution in [0.1, 0.15) is 30.4 Å². The van der Waals surface area contributed by atoms with Crippen LogP contribution in [-0.4, -0.2) is 28.7 Å². The Balaban J connectivity index is 1.56. The number of nitrogens with zero attached hydrogens (tertiary/aromatic N) is 3. The van der Waals surface area contributed by atoms with Crippen molar-refractivity contribution in [2.75, 3.05) is 13.1 Å². The molecule has 1 fully saturated rings. The molecule has 1 aliphatic heterocycles. The second kappa shape index (κ2) is 7.46. The van der Waals surface area contributed by atoms with Gasteiger partial charge < -0.3 is 9.64 Å². The number of hydrogen-bond donors (Lipinski definition) is 0. The van der Waals surface area contributed by atoms with Crippen molar-refractivity contribution in [3.8, 4) is 10.8 Å². The summed E-state index contributed by atoms with van der Waals surface area (Å²) in [6, 6.07) is 12.3. The van der Waals surface area contributed by atoms with E-state index in [1.807, 2.05) is 30.6 Å². The highest BCUT2D eigenvalue weighted by atomic mass is 32.1. The van der Waals surface area contributed by atoms with Crippen molar-refractivity contribution < 1.29 is 4.74 Å². The molecule has 0 unspecified atom stereocenters. The van der Waals surface area contributed by atoms with Gasteiger partial charge in [0, 0.05) is 24.6 Å². The maximum Gasteiger partial charge on any atom is 0.207 e. The number of fused-ring (bicyclic) bond motifs is 1. The Kier molecular flexibility index (Phi) is 4.89. The summed E-state index contributed by atoms with van der Waals surface area (Å²) in [5.41, 5.74) is 4.19. The Bertz CT molecular complexity index is 942. The molecule has 0 amide bonds. The SMILES string of the molecule is Cc1cc(Oc2snc3ccccc23)c(C)cc1/N=C/N1CCCCC1. The van der Waals surface area contributed by atoms with Crippen LogP contribution in [0.25, 0.3) is 10.9 Å². The standard InChI is InChI=1S/C21H23N3OS/c1-15-13-20(25-21-17-8-4-5-9-18(17)23-26-21)16(2)12-19(15)22-14-24-10-6-3-7-11-24/h4-5,8-9,12-14H,3,6-7,10-11H2,1-2H3/b22-14+. The number of likely N-dealkylation sites (tertiary alicyclic amines) is 1. The minimum absolute atomic E-state index is 0.840. The van der Waals surface area contributed by atoms with E-state index >= 15 is 0 Å². The van der Waals surface area contributed by atoms with Gasteiger partial charge in [-0.15, -0.1) is 0 Å². The van der Waals surface area contributed by atoms with E-state index in [-0.39, 0.29) is 0 Å². The number of rotatable bonds is 4. The zero-order valence-electron chi connectivity index (χ0n) is 15.2. The first kappa shape index (κ1) is 17.0. The van der Waals surface area contributed by atoms with E-state index in [9.17, 15) is 0 Å². The minimum atomic E-state index is 0.840. The van der Waals surface area contributed by atoms with E-state index in [0.29, 0.717) is 0 Å². The number of piperidine rings is 1. The van der Waals surface area contributed by atoms with Crippen molar-refractivity contribution in [2.45, 2.75) is 33.1 Å². The number of hydrogen-bond acceptors (Lipinski definition) is 4. The van der Waals surface area contributed by atoms with Gasteiger partial charge in [-0.1, -0.05) is 12.1 Å². The lowest BCUT2D eigenvalue weighted by Crippen LogP contribution is -2.28. The predicted octanol–water partition coefficient (Wildman–Crippen LogP) is 5.85. The van der Waals surface area contributed by atoms with Crippen molar-refractivity contribution in [1.29, 1.82) is 0 Å². The van der Waals surface area contributed by atoms with Crippen LogP contribution < -0.4 is 4.74 Å². The largest absolute Gasteiger partial charge is 0.444 e. The van der Waals surface area contributed by atoms with E-state index in [2.05, 4.69) is 35.3 Å². The molecule has 0 bridgehead atoms. The Labute approximate surface area is 158 Å². The van der Waals surface area contributed by atoms with Gasteiger partial charge in [0.2, 0.25) is 5.06 Å². The summed E-state index contributed by atoms with van der Waals surface area (Å²) >= 11 is 1.40. The van der Waals surface area contributed by atoms with Gasteiger partial charge in [0.1, 0.15) is 5.75 Å². The average Bonchev–Trinajstić information content (AvgIpc) is 3.07. The maximum absolute atomic E-state index is 6.19. The fraction of sp³-hybridized carbons (Fsp3) is 0.333.